The van der Waals surface area contributed by atoms with Crippen LogP contribution in [0.25, 0.3) is 0 Å². The van der Waals surface area contributed by atoms with Crippen LogP contribution in [0.3, 0.4) is 0 Å². The number of rotatable bonds is 4. The Hall–Kier alpha value is -1.61. The van der Waals surface area contributed by atoms with E-state index in [-0.39, 0.29) is 11.9 Å². The first kappa shape index (κ1) is 14.3. The summed E-state index contributed by atoms with van der Waals surface area (Å²) in [6.45, 7) is 2.12. The van der Waals surface area contributed by atoms with Crippen molar-refractivity contribution < 1.29 is 4.79 Å². The van der Waals surface area contributed by atoms with Crippen molar-refractivity contribution in [3.8, 4) is 0 Å². The maximum absolute atomic E-state index is 12.2. The minimum absolute atomic E-state index is 0.0366. The van der Waals surface area contributed by atoms with Crippen LogP contribution in [0.2, 0.25) is 0 Å². The highest BCUT2D eigenvalue weighted by molar-refractivity contribution is 7.12. The van der Waals surface area contributed by atoms with Crippen molar-refractivity contribution in [2.45, 2.75) is 45.1 Å². The van der Waals surface area contributed by atoms with Crippen LogP contribution in [0.5, 0.6) is 0 Å². The summed E-state index contributed by atoms with van der Waals surface area (Å²) < 4.78 is 0. The van der Waals surface area contributed by atoms with Gasteiger partial charge in [0.15, 0.2) is 0 Å². The zero-order valence-electron chi connectivity index (χ0n) is 12.4. The van der Waals surface area contributed by atoms with Gasteiger partial charge in [0, 0.05) is 0 Å². The molecule has 3 rings (SSSR count). The van der Waals surface area contributed by atoms with Crippen molar-refractivity contribution in [2.75, 3.05) is 0 Å². The van der Waals surface area contributed by atoms with E-state index >= 15 is 0 Å². The van der Waals surface area contributed by atoms with Crippen molar-refractivity contribution in [1.82, 2.24) is 5.32 Å². The quantitative estimate of drug-likeness (QED) is 0.884. The lowest BCUT2D eigenvalue weighted by Crippen LogP contribution is -2.27. The van der Waals surface area contributed by atoms with Crippen LogP contribution in [0.15, 0.2) is 35.7 Å². The molecule has 2 nitrogen and oxygen atoms in total. The van der Waals surface area contributed by atoms with E-state index in [9.17, 15) is 4.79 Å². The molecular weight excluding hydrogens is 278 g/mol. The Bertz CT molecular complexity index is 618. The summed E-state index contributed by atoms with van der Waals surface area (Å²) in [5, 5.41) is 5.10. The lowest BCUT2D eigenvalue weighted by molar-refractivity contribution is 0.0939. The lowest BCUT2D eigenvalue weighted by Gasteiger charge is -2.21. The Morgan fingerprint density at radius 3 is 2.76 bits per heavy atom. The van der Waals surface area contributed by atoms with Gasteiger partial charge in [-0.05, 0) is 60.2 Å². The first-order valence-corrected chi connectivity index (χ1v) is 8.62. The van der Waals surface area contributed by atoms with Gasteiger partial charge in [-0.3, -0.25) is 4.79 Å². The van der Waals surface area contributed by atoms with Crippen molar-refractivity contribution in [2.24, 2.45) is 0 Å². The molecule has 1 amide bonds. The molecule has 0 spiro atoms. The van der Waals surface area contributed by atoms with Gasteiger partial charge in [0.1, 0.15) is 0 Å². The summed E-state index contributed by atoms with van der Waals surface area (Å²) in [4.78, 5) is 13.0. The Labute approximate surface area is 130 Å². The van der Waals surface area contributed by atoms with Crippen molar-refractivity contribution >= 4 is 17.2 Å². The summed E-state index contributed by atoms with van der Waals surface area (Å²) in [6.07, 6.45) is 5.88. The molecule has 1 aliphatic carbocycles. The fraction of sp³-hybridized carbons (Fsp3) is 0.389. The second-order valence-electron chi connectivity index (χ2n) is 5.65. The molecule has 0 radical (unpaired) electrons. The molecule has 0 saturated carbocycles. The van der Waals surface area contributed by atoms with E-state index in [2.05, 4.69) is 30.4 Å². The van der Waals surface area contributed by atoms with Gasteiger partial charge < -0.3 is 5.32 Å². The number of aryl methyl sites for hydroxylation is 2. The number of carbonyl (C=O) groups is 1. The predicted molar refractivity (Wildman–Crippen MR) is 87.9 cm³/mol. The van der Waals surface area contributed by atoms with Crippen LogP contribution in [0, 0.1) is 0 Å². The molecule has 0 unspecified atom stereocenters. The van der Waals surface area contributed by atoms with Crippen LogP contribution < -0.4 is 5.32 Å². The van der Waals surface area contributed by atoms with Gasteiger partial charge in [-0.15, -0.1) is 11.3 Å². The molecule has 0 saturated heterocycles. The van der Waals surface area contributed by atoms with Crippen molar-refractivity contribution in [3.63, 3.8) is 0 Å². The van der Waals surface area contributed by atoms with Crippen molar-refractivity contribution in [3.05, 3.63) is 57.3 Å². The minimum atomic E-state index is 0.0366. The van der Waals surface area contributed by atoms with Crippen LogP contribution in [-0.2, 0) is 12.8 Å². The second-order valence-corrected chi connectivity index (χ2v) is 6.59. The summed E-state index contributed by atoms with van der Waals surface area (Å²) >= 11 is 1.49. The van der Waals surface area contributed by atoms with Gasteiger partial charge in [-0.1, -0.05) is 31.2 Å². The summed E-state index contributed by atoms with van der Waals surface area (Å²) in [5.74, 6) is 0.0366. The molecule has 21 heavy (non-hydrogen) atoms. The zero-order valence-corrected chi connectivity index (χ0v) is 13.2. The van der Waals surface area contributed by atoms with E-state index in [1.807, 2.05) is 17.5 Å². The van der Waals surface area contributed by atoms with Gasteiger partial charge in [0.25, 0.3) is 5.91 Å². The van der Waals surface area contributed by atoms with Gasteiger partial charge in [-0.2, -0.15) is 0 Å². The van der Waals surface area contributed by atoms with Crippen LogP contribution in [-0.4, -0.2) is 5.91 Å². The summed E-state index contributed by atoms with van der Waals surface area (Å²) in [6, 6.07) is 10.6. The first-order valence-electron chi connectivity index (χ1n) is 7.74. The number of thiophene rings is 1. The average Bonchev–Trinajstić information content (AvgIpc) is 3.06. The number of hydrogen-bond acceptors (Lipinski definition) is 2. The van der Waals surface area contributed by atoms with Gasteiger partial charge >= 0.3 is 0 Å². The molecular formula is C18H21NOS. The van der Waals surface area contributed by atoms with Gasteiger partial charge in [-0.25, -0.2) is 0 Å². The SMILES string of the molecule is CC[C@H](NC(=O)c1cccs1)c1ccc2c(c1)CCCC2. The molecule has 1 aromatic carbocycles. The second kappa shape index (κ2) is 6.44. The number of amides is 1. The molecule has 1 aliphatic rings. The molecule has 0 aliphatic heterocycles. The molecule has 0 fully saturated rings. The molecule has 1 aromatic heterocycles. The maximum atomic E-state index is 12.2. The zero-order chi connectivity index (χ0) is 14.7. The third kappa shape index (κ3) is 3.18. The number of carbonyl (C=O) groups excluding carboxylic acids is 1. The standard InChI is InChI=1S/C18H21NOS/c1-2-16(19-18(20)17-8-5-11-21-17)15-10-9-13-6-3-4-7-14(13)12-15/h5,8-12,16H,2-4,6-7H2,1H3,(H,19,20)/t16-/m0/s1. The van der Waals surface area contributed by atoms with Gasteiger partial charge in [0.2, 0.25) is 0 Å². The Kier molecular flexibility index (Phi) is 4.39. The van der Waals surface area contributed by atoms with Crippen LogP contribution in [0.1, 0.15) is 58.6 Å². The lowest BCUT2D eigenvalue weighted by atomic mass is 9.89. The molecule has 1 N–H and O–H groups in total. The molecule has 1 atom stereocenters. The maximum Gasteiger partial charge on any atom is 0.261 e. The smallest absolute Gasteiger partial charge is 0.261 e. The highest BCUT2D eigenvalue weighted by Crippen LogP contribution is 2.26. The van der Waals surface area contributed by atoms with E-state index in [4.69, 9.17) is 0 Å². The average molecular weight is 299 g/mol. The largest absolute Gasteiger partial charge is 0.345 e. The Balaban J connectivity index is 1.78. The van der Waals surface area contributed by atoms with E-state index in [1.54, 1.807) is 0 Å². The Morgan fingerprint density at radius 1 is 1.24 bits per heavy atom. The number of hydrogen-bond donors (Lipinski definition) is 1. The predicted octanol–water partition coefficient (Wildman–Crippen LogP) is 4.51. The Morgan fingerprint density at radius 2 is 2.05 bits per heavy atom. The third-order valence-corrected chi connectivity index (χ3v) is 5.10. The number of benzene rings is 1. The number of fused-ring (bicyclic) bond motifs is 1. The normalized spacial score (nSPS) is 15.3. The van der Waals surface area contributed by atoms with E-state index in [1.165, 1.54) is 53.7 Å². The molecule has 2 aromatic rings. The summed E-state index contributed by atoms with van der Waals surface area (Å²) in [5.41, 5.74) is 4.20. The fourth-order valence-electron chi connectivity index (χ4n) is 3.03. The highest BCUT2D eigenvalue weighted by Gasteiger charge is 2.17. The molecule has 110 valence electrons. The third-order valence-electron chi connectivity index (χ3n) is 4.23. The topological polar surface area (TPSA) is 29.1 Å². The van der Waals surface area contributed by atoms with E-state index in [0.29, 0.717) is 0 Å². The fourth-order valence-corrected chi connectivity index (χ4v) is 3.66. The van der Waals surface area contributed by atoms with E-state index < -0.39 is 0 Å². The van der Waals surface area contributed by atoms with Crippen LogP contribution >= 0.6 is 11.3 Å². The van der Waals surface area contributed by atoms with Gasteiger partial charge in [0.05, 0.1) is 10.9 Å². The minimum Gasteiger partial charge on any atom is -0.345 e. The van der Waals surface area contributed by atoms with Crippen LogP contribution in [0.4, 0.5) is 0 Å². The van der Waals surface area contributed by atoms with E-state index in [0.717, 1.165) is 11.3 Å². The number of nitrogens with one attached hydrogen (secondary N) is 1. The highest BCUT2D eigenvalue weighted by atomic mass is 32.1. The van der Waals surface area contributed by atoms with Crippen molar-refractivity contribution in [1.29, 1.82) is 0 Å². The monoisotopic (exact) mass is 299 g/mol. The molecule has 0 bridgehead atoms. The molecule has 3 heteroatoms. The molecule has 1 heterocycles. The summed E-state index contributed by atoms with van der Waals surface area (Å²) in [7, 11) is 0. The first-order chi connectivity index (χ1) is 10.3.